The minimum Gasteiger partial charge on any atom is -0.341 e. The number of nitrogens with two attached hydrogens (primary N) is 1. The van der Waals surface area contributed by atoms with E-state index in [2.05, 4.69) is 11.9 Å². The molecule has 0 spiro atoms. The van der Waals surface area contributed by atoms with Gasteiger partial charge in [-0.15, -0.1) is 0 Å². The van der Waals surface area contributed by atoms with E-state index in [0.717, 1.165) is 30.5 Å². The summed E-state index contributed by atoms with van der Waals surface area (Å²) in [6, 6.07) is 14.5. The lowest BCUT2D eigenvalue weighted by molar-refractivity contribution is -0.127. The van der Waals surface area contributed by atoms with Gasteiger partial charge in [0.2, 0.25) is 15.9 Å². The summed E-state index contributed by atoms with van der Waals surface area (Å²) < 4.78 is 25.4. The maximum atomic E-state index is 12.6. The first kappa shape index (κ1) is 22.3. The molecule has 7 nitrogen and oxygen atoms in total. The lowest BCUT2D eigenvalue weighted by Gasteiger charge is -2.17. The van der Waals surface area contributed by atoms with Crippen LogP contribution >= 0.6 is 11.8 Å². The number of hydrogen-bond donors (Lipinski definition) is 1. The fourth-order valence-electron chi connectivity index (χ4n) is 3.09. The molecule has 2 N–H and O–H groups in total. The Morgan fingerprint density at radius 2 is 1.93 bits per heavy atom. The zero-order valence-corrected chi connectivity index (χ0v) is 18.7. The van der Waals surface area contributed by atoms with Gasteiger partial charge in [-0.1, -0.05) is 55.4 Å². The fourth-order valence-corrected chi connectivity index (χ4v) is 4.60. The molecule has 9 heteroatoms. The number of sulfonamides is 1. The van der Waals surface area contributed by atoms with Crippen LogP contribution in [0.4, 0.5) is 0 Å². The summed E-state index contributed by atoms with van der Waals surface area (Å²) >= 11 is 1.36. The third-order valence-corrected chi connectivity index (χ3v) is 6.63. The van der Waals surface area contributed by atoms with Gasteiger partial charge < -0.3 is 9.47 Å². The number of unbranched alkanes of at least 4 members (excludes halogenated alkanes) is 1. The first-order valence-corrected chi connectivity index (χ1v) is 12.3. The van der Waals surface area contributed by atoms with E-state index in [1.54, 1.807) is 18.0 Å². The lowest BCUT2D eigenvalue weighted by Crippen LogP contribution is -2.27. The molecule has 0 atom stereocenters. The van der Waals surface area contributed by atoms with Crippen molar-refractivity contribution in [3.05, 3.63) is 54.1 Å². The lowest BCUT2D eigenvalue weighted by atomic mass is 10.2. The first-order chi connectivity index (χ1) is 14.3. The number of benzene rings is 2. The number of amides is 1. The molecule has 1 heterocycles. The van der Waals surface area contributed by atoms with Crippen molar-refractivity contribution in [3.8, 4) is 0 Å². The molecule has 0 aliphatic rings. The third kappa shape index (κ3) is 5.41. The van der Waals surface area contributed by atoms with E-state index in [1.165, 1.54) is 23.9 Å². The summed E-state index contributed by atoms with van der Waals surface area (Å²) in [5.74, 6) is 0.254. The SMILES string of the molecule is CCCCn1c(SCC(=O)N(C)Cc2ccccc2)nc2cc(S(N)(=O)=O)ccc21. The van der Waals surface area contributed by atoms with Crippen LogP contribution in [0.3, 0.4) is 0 Å². The predicted molar refractivity (Wildman–Crippen MR) is 120 cm³/mol. The van der Waals surface area contributed by atoms with E-state index in [1.807, 2.05) is 34.9 Å². The van der Waals surface area contributed by atoms with Crippen LogP contribution in [-0.4, -0.2) is 41.6 Å². The topological polar surface area (TPSA) is 98.3 Å². The molecule has 3 aromatic rings. The van der Waals surface area contributed by atoms with Crippen LogP contribution in [0.5, 0.6) is 0 Å². The molecule has 0 unspecified atom stereocenters. The maximum Gasteiger partial charge on any atom is 0.238 e. The average Bonchev–Trinajstić information content (AvgIpc) is 3.07. The predicted octanol–water partition coefficient (Wildman–Crippen LogP) is 3.23. The van der Waals surface area contributed by atoms with E-state index in [4.69, 9.17) is 5.14 Å². The van der Waals surface area contributed by atoms with Crippen molar-refractivity contribution in [2.45, 2.75) is 42.9 Å². The highest BCUT2D eigenvalue weighted by molar-refractivity contribution is 7.99. The van der Waals surface area contributed by atoms with Gasteiger partial charge in [0.05, 0.1) is 21.7 Å². The molecule has 0 aliphatic heterocycles. The van der Waals surface area contributed by atoms with Gasteiger partial charge >= 0.3 is 0 Å². The number of nitrogens with zero attached hydrogens (tertiary/aromatic N) is 3. The Bertz CT molecular complexity index is 1130. The number of aryl methyl sites for hydroxylation is 1. The fraction of sp³-hybridized carbons (Fsp3) is 0.333. The van der Waals surface area contributed by atoms with Gasteiger partial charge in [0.15, 0.2) is 5.16 Å². The highest BCUT2D eigenvalue weighted by Crippen LogP contribution is 2.27. The summed E-state index contributed by atoms with van der Waals surface area (Å²) in [4.78, 5) is 18.9. The molecule has 0 bridgehead atoms. The van der Waals surface area contributed by atoms with Crippen LogP contribution in [0.1, 0.15) is 25.3 Å². The van der Waals surface area contributed by atoms with Gasteiger partial charge in [0.25, 0.3) is 0 Å². The van der Waals surface area contributed by atoms with Crippen molar-refractivity contribution in [1.29, 1.82) is 0 Å². The molecule has 0 saturated heterocycles. The Morgan fingerprint density at radius 3 is 2.60 bits per heavy atom. The van der Waals surface area contributed by atoms with Crippen LogP contribution in [-0.2, 0) is 27.9 Å². The molecule has 0 aliphatic carbocycles. The van der Waals surface area contributed by atoms with Crippen molar-refractivity contribution in [2.24, 2.45) is 5.14 Å². The zero-order chi connectivity index (χ0) is 21.7. The normalized spacial score (nSPS) is 11.7. The Balaban J connectivity index is 1.78. The van der Waals surface area contributed by atoms with Crippen LogP contribution in [0.2, 0.25) is 0 Å². The molecule has 0 saturated carbocycles. The molecule has 0 radical (unpaired) electrons. The molecule has 160 valence electrons. The molecule has 30 heavy (non-hydrogen) atoms. The number of carbonyl (C=O) groups excluding carboxylic acids is 1. The summed E-state index contributed by atoms with van der Waals surface area (Å²) in [6.07, 6.45) is 1.97. The standard InChI is InChI=1S/C21H26N4O3S2/c1-3-4-12-25-19-11-10-17(30(22,27)28)13-18(19)23-21(25)29-15-20(26)24(2)14-16-8-6-5-7-9-16/h5-11,13H,3-4,12,14-15H2,1-2H3,(H2,22,27,28). The van der Waals surface area contributed by atoms with E-state index in [0.29, 0.717) is 17.2 Å². The Hall–Kier alpha value is -2.36. The molecule has 0 fully saturated rings. The van der Waals surface area contributed by atoms with Gasteiger partial charge in [-0.25, -0.2) is 18.5 Å². The van der Waals surface area contributed by atoms with Crippen LogP contribution in [0.15, 0.2) is 58.6 Å². The molecule has 1 amide bonds. The molecular formula is C21H26N4O3S2. The Morgan fingerprint density at radius 1 is 1.20 bits per heavy atom. The van der Waals surface area contributed by atoms with Crippen molar-refractivity contribution in [2.75, 3.05) is 12.8 Å². The number of primary sulfonamides is 1. The molecule has 1 aromatic heterocycles. The number of rotatable bonds is 9. The van der Waals surface area contributed by atoms with E-state index < -0.39 is 10.0 Å². The van der Waals surface area contributed by atoms with Gasteiger partial charge in [-0.2, -0.15) is 0 Å². The second-order valence-corrected chi connectivity index (χ2v) is 9.62. The van der Waals surface area contributed by atoms with Gasteiger partial charge in [-0.3, -0.25) is 4.79 Å². The smallest absolute Gasteiger partial charge is 0.238 e. The Labute approximate surface area is 181 Å². The monoisotopic (exact) mass is 446 g/mol. The van der Waals surface area contributed by atoms with Gasteiger partial charge in [0, 0.05) is 20.1 Å². The van der Waals surface area contributed by atoms with Crippen molar-refractivity contribution >= 4 is 38.7 Å². The van der Waals surface area contributed by atoms with Crippen molar-refractivity contribution in [3.63, 3.8) is 0 Å². The quantitative estimate of drug-likeness (QED) is 0.509. The van der Waals surface area contributed by atoms with Gasteiger partial charge in [0.1, 0.15) is 0 Å². The number of thioether (sulfide) groups is 1. The van der Waals surface area contributed by atoms with Crippen LogP contribution in [0.25, 0.3) is 11.0 Å². The third-order valence-electron chi connectivity index (χ3n) is 4.76. The van der Waals surface area contributed by atoms with Gasteiger partial charge in [-0.05, 0) is 30.2 Å². The summed E-state index contributed by atoms with van der Waals surface area (Å²) in [5, 5.41) is 5.95. The second-order valence-electron chi connectivity index (χ2n) is 7.12. The Kier molecular flexibility index (Phi) is 7.17. The zero-order valence-electron chi connectivity index (χ0n) is 17.1. The number of fused-ring (bicyclic) bond motifs is 1. The van der Waals surface area contributed by atoms with E-state index >= 15 is 0 Å². The summed E-state index contributed by atoms with van der Waals surface area (Å²) in [5.41, 5.74) is 2.47. The largest absolute Gasteiger partial charge is 0.341 e. The highest BCUT2D eigenvalue weighted by Gasteiger charge is 2.17. The minimum absolute atomic E-state index is 0.00294. The molecular weight excluding hydrogens is 420 g/mol. The highest BCUT2D eigenvalue weighted by atomic mass is 32.2. The van der Waals surface area contributed by atoms with E-state index in [-0.39, 0.29) is 16.6 Å². The number of hydrogen-bond acceptors (Lipinski definition) is 5. The number of aromatic nitrogens is 2. The second kappa shape index (κ2) is 9.63. The number of carbonyl (C=O) groups is 1. The maximum absolute atomic E-state index is 12.6. The van der Waals surface area contributed by atoms with Crippen LogP contribution < -0.4 is 5.14 Å². The average molecular weight is 447 g/mol. The molecule has 2 aromatic carbocycles. The van der Waals surface area contributed by atoms with Crippen molar-refractivity contribution in [1.82, 2.24) is 14.5 Å². The minimum atomic E-state index is -3.80. The molecule has 3 rings (SSSR count). The van der Waals surface area contributed by atoms with E-state index in [9.17, 15) is 13.2 Å². The first-order valence-electron chi connectivity index (χ1n) is 9.73. The summed E-state index contributed by atoms with van der Waals surface area (Å²) in [6.45, 7) is 3.40. The van der Waals surface area contributed by atoms with Crippen molar-refractivity contribution < 1.29 is 13.2 Å². The number of imidazole rings is 1. The summed E-state index contributed by atoms with van der Waals surface area (Å²) in [7, 11) is -2.01. The van der Waals surface area contributed by atoms with Crippen LogP contribution in [0, 0.1) is 0 Å².